The van der Waals surface area contributed by atoms with E-state index >= 15 is 0 Å². The first-order chi connectivity index (χ1) is 4.43. The minimum Gasteiger partial charge on any atom is -0.223 e. The Bertz CT molecular complexity index is 193. The van der Waals surface area contributed by atoms with E-state index in [2.05, 4.69) is 3.21 Å². The first-order valence-corrected chi connectivity index (χ1v) is 3.59. The van der Waals surface area contributed by atoms with E-state index in [1.54, 1.807) is 0 Å². The molecule has 1 rings (SSSR count). The Balaban J connectivity index is 2.85. The Hall–Kier alpha value is -0.380. The number of halogens is 1. The van der Waals surface area contributed by atoms with E-state index in [9.17, 15) is 0 Å². The molecule has 0 radical (unpaired) electrons. The molecule has 0 amide bonds. The Morgan fingerprint density at radius 1 is 1.22 bits per heavy atom. The molecule has 0 heterocycles. The summed E-state index contributed by atoms with van der Waals surface area (Å²) in [5, 5.41) is 0. The standard InChI is InChI=1S/C7H6IN/c8-9-6-7-4-2-1-3-5-7/h1-6H/b9-6+. The van der Waals surface area contributed by atoms with Crippen LogP contribution in [0.4, 0.5) is 0 Å². The van der Waals surface area contributed by atoms with Crippen LogP contribution in [0.15, 0.2) is 33.5 Å². The molecule has 0 atom stereocenters. The summed E-state index contributed by atoms with van der Waals surface area (Å²) in [4.78, 5) is 0. The highest BCUT2D eigenvalue weighted by Gasteiger charge is 1.79. The Morgan fingerprint density at radius 2 is 1.89 bits per heavy atom. The third-order valence-electron chi connectivity index (χ3n) is 0.997. The molecule has 0 aliphatic heterocycles. The van der Waals surface area contributed by atoms with Crippen LogP contribution in [0.25, 0.3) is 0 Å². The van der Waals surface area contributed by atoms with Crippen molar-refractivity contribution >= 4 is 29.1 Å². The second kappa shape index (κ2) is 3.61. The minimum atomic E-state index is 1.15. The van der Waals surface area contributed by atoms with Crippen LogP contribution in [-0.2, 0) is 0 Å². The number of hydrogen-bond acceptors (Lipinski definition) is 1. The normalized spacial score (nSPS) is 10.3. The molecule has 0 aromatic heterocycles. The summed E-state index contributed by atoms with van der Waals surface area (Å²) in [6.45, 7) is 0. The number of hydrogen-bond donors (Lipinski definition) is 0. The second-order valence-corrected chi connectivity index (χ2v) is 2.19. The third kappa shape index (κ3) is 2.13. The highest BCUT2D eigenvalue weighted by molar-refractivity contribution is 14.1. The van der Waals surface area contributed by atoms with Crippen molar-refractivity contribution in [3.05, 3.63) is 35.9 Å². The van der Waals surface area contributed by atoms with Gasteiger partial charge in [-0.3, -0.25) is 0 Å². The fraction of sp³-hybridized carbons (Fsp3) is 0. The second-order valence-electron chi connectivity index (χ2n) is 1.64. The van der Waals surface area contributed by atoms with Crippen molar-refractivity contribution in [2.24, 2.45) is 3.21 Å². The summed E-state index contributed by atoms with van der Waals surface area (Å²) in [6.07, 6.45) is 1.82. The molecule has 1 aromatic rings. The molecule has 0 bridgehead atoms. The van der Waals surface area contributed by atoms with Crippen molar-refractivity contribution < 1.29 is 0 Å². The van der Waals surface area contributed by atoms with Gasteiger partial charge in [0.2, 0.25) is 0 Å². The van der Waals surface area contributed by atoms with E-state index in [0.717, 1.165) is 5.56 Å². The summed E-state index contributed by atoms with van der Waals surface area (Å²) in [6, 6.07) is 10.0. The molecule has 0 saturated heterocycles. The van der Waals surface area contributed by atoms with Gasteiger partial charge in [-0.15, -0.1) is 0 Å². The smallest absolute Gasteiger partial charge is 0.0831 e. The third-order valence-corrected chi connectivity index (χ3v) is 1.28. The zero-order valence-electron chi connectivity index (χ0n) is 4.79. The van der Waals surface area contributed by atoms with Crippen LogP contribution < -0.4 is 0 Å². The quantitative estimate of drug-likeness (QED) is 0.520. The van der Waals surface area contributed by atoms with Crippen LogP contribution in [0.2, 0.25) is 0 Å². The largest absolute Gasteiger partial charge is 0.223 e. The Labute approximate surface area is 68.3 Å². The van der Waals surface area contributed by atoms with Crippen LogP contribution in [0.1, 0.15) is 5.56 Å². The fourth-order valence-corrected chi connectivity index (χ4v) is 0.917. The Morgan fingerprint density at radius 3 is 2.44 bits per heavy atom. The summed E-state index contributed by atoms with van der Waals surface area (Å²) >= 11 is 1.96. The number of rotatable bonds is 1. The molecule has 0 spiro atoms. The maximum absolute atomic E-state index is 3.85. The van der Waals surface area contributed by atoms with Gasteiger partial charge < -0.3 is 0 Å². The van der Waals surface area contributed by atoms with Gasteiger partial charge in [-0.1, -0.05) is 30.3 Å². The van der Waals surface area contributed by atoms with E-state index in [1.165, 1.54) is 0 Å². The van der Waals surface area contributed by atoms with Gasteiger partial charge in [0.15, 0.2) is 0 Å². The van der Waals surface area contributed by atoms with Crippen LogP contribution in [0.3, 0.4) is 0 Å². The fourth-order valence-electron chi connectivity index (χ4n) is 0.595. The molecule has 9 heavy (non-hydrogen) atoms. The molecule has 46 valence electrons. The molecule has 0 aliphatic carbocycles. The monoisotopic (exact) mass is 231 g/mol. The lowest BCUT2D eigenvalue weighted by Crippen LogP contribution is -1.74. The van der Waals surface area contributed by atoms with Gasteiger partial charge in [0.1, 0.15) is 0 Å². The predicted molar refractivity (Wildman–Crippen MR) is 48.1 cm³/mol. The molecule has 0 fully saturated rings. The van der Waals surface area contributed by atoms with Gasteiger partial charge in [0, 0.05) is 6.21 Å². The molecule has 0 aliphatic rings. The predicted octanol–water partition coefficient (Wildman–Crippen LogP) is 2.46. The lowest BCUT2D eigenvalue weighted by Gasteiger charge is -1.85. The molecular formula is C7H6IN. The summed E-state index contributed by atoms with van der Waals surface area (Å²) in [5.74, 6) is 0. The lowest BCUT2D eigenvalue weighted by molar-refractivity contribution is 1.67. The molecule has 1 nitrogen and oxygen atoms in total. The molecule has 0 N–H and O–H groups in total. The number of nitrogens with zero attached hydrogens (tertiary/aromatic N) is 1. The van der Waals surface area contributed by atoms with Crippen LogP contribution >= 0.6 is 22.9 Å². The van der Waals surface area contributed by atoms with Crippen LogP contribution in [-0.4, -0.2) is 6.21 Å². The average molecular weight is 231 g/mol. The van der Waals surface area contributed by atoms with Crippen LogP contribution in [0, 0.1) is 0 Å². The summed E-state index contributed by atoms with van der Waals surface area (Å²) < 4.78 is 3.85. The van der Waals surface area contributed by atoms with Gasteiger partial charge in [-0.25, -0.2) is 3.21 Å². The lowest BCUT2D eigenvalue weighted by atomic mass is 10.2. The van der Waals surface area contributed by atoms with Crippen molar-refractivity contribution in [2.75, 3.05) is 0 Å². The van der Waals surface area contributed by atoms with Crippen molar-refractivity contribution in [2.45, 2.75) is 0 Å². The van der Waals surface area contributed by atoms with Gasteiger partial charge in [-0.2, -0.15) is 0 Å². The molecule has 1 aromatic carbocycles. The zero-order chi connectivity index (χ0) is 6.53. The molecule has 0 saturated carbocycles. The van der Waals surface area contributed by atoms with Crippen LogP contribution in [0.5, 0.6) is 0 Å². The van der Waals surface area contributed by atoms with E-state index < -0.39 is 0 Å². The highest BCUT2D eigenvalue weighted by Crippen LogP contribution is 1.94. The Kier molecular flexibility index (Phi) is 2.70. The van der Waals surface area contributed by atoms with Gasteiger partial charge >= 0.3 is 0 Å². The first kappa shape index (κ1) is 6.74. The van der Waals surface area contributed by atoms with Gasteiger partial charge in [0.05, 0.1) is 22.9 Å². The van der Waals surface area contributed by atoms with Gasteiger partial charge in [-0.05, 0) is 5.56 Å². The van der Waals surface area contributed by atoms with E-state index in [4.69, 9.17) is 0 Å². The maximum atomic E-state index is 3.85. The molecule has 0 unspecified atom stereocenters. The highest BCUT2D eigenvalue weighted by atomic mass is 127. The van der Waals surface area contributed by atoms with E-state index in [0.29, 0.717) is 0 Å². The van der Waals surface area contributed by atoms with E-state index in [1.807, 2.05) is 59.4 Å². The van der Waals surface area contributed by atoms with E-state index in [-0.39, 0.29) is 0 Å². The molecule has 2 heteroatoms. The average Bonchev–Trinajstić information content (AvgIpc) is 1.91. The van der Waals surface area contributed by atoms with Crippen molar-refractivity contribution in [3.63, 3.8) is 0 Å². The van der Waals surface area contributed by atoms with Crippen molar-refractivity contribution in [3.8, 4) is 0 Å². The molecular weight excluding hydrogens is 225 g/mol. The van der Waals surface area contributed by atoms with Crippen molar-refractivity contribution in [1.29, 1.82) is 0 Å². The zero-order valence-corrected chi connectivity index (χ0v) is 6.95. The summed E-state index contributed by atoms with van der Waals surface area (Å²) in [5.41, 5.74) is 1.15. The topological polar surface area (TPSA) is 12.4 Å². The van der Waals surface area contributed by atoms with Gasteiger partial charge in [0.25, 0.3) is 0 Å². The number of benzene rings is 1. The SMILES string of the molecule is I/N=C/c1ccccc1. The maximum Gasteiger partial charge on any atom is 0.0831 e. The summed E-state index contributed by atoms with van der Waals surface area (Å²) in [7, 11) is 0. The first-order valence-electron chi connectivity index (χ1n) is 2.63. The van der Waals surface area contributed by atoms with Crippen molar-refractivity contribution in [1.82, 2.24) is 0 Å². The minimum absolute atomic E-state index is 1.15.